The molecule has 18 heavy (non-hydrogen) atoms. The van der Waals surface area contributed by atoms with E-state index in [1.165, 1.54) is 25.7 Å². The molecule has 3 rings (SSSR count). The summed E-state index contributed by atoms with van der Waals surface area (Å²) < 4.78 is 0. The van der Waals surface area contributed by atoms with Gasteiger partial charge in [-0.25, -0.2) is 0 Å². The Labute approximate surface area is 119 Å². The van der Waals surface area contributed by atoms with Crippen molar-refractivity contribution < 1.29 is 0 Å². The van der Waals surface area contributed by atoms with Crippen LogP contribution in [0.3, 0.4) is 0 Å². The van der Waals surface area contributed by atoms with Gasteiger partial charge in [0.25, 0.3) is 0 Å². The highest BCUT2D eigenvalue weighted by Gasteiger charge is 2.09. The summed E-state index contributed by atoms with van der Waals surface area (Å²) in [5.74, 6) is 0. The molecule has 2 aromatic heterocycles. The molecule has 0 radical (unpaired) electrons. The van der Waals surface area contributed by atoms with Crippen LogP contribution in [-0.2, 0) is 0 Å². The van der Waals surface area contributed by atoms with Crippen LogP contribution in [0.4, 0.5) is 0 Å². The lowest BCUT2D eigenvalue weighted by atomic mass is 10.2. The number of nitrogens with zero attached hydrogens (tertiary/aromatic N) is 3. The lowest BCUT2D eigenvalue weighted by Crippen LogP contribution is -1.84. The molecule has 6 heteroatoms. The number of halogens is 2. The van der Waals surface area contributed by atoms with Gasteiger partial charge in [0.05, 0.1) is 11.9 Å². The second-order valence-electron chi connectivity index (χ2n) is 4.11. The Bertz CT molecular complexity index is 451. The molecule has 4 nitrogen and oxygen atoms in total. The number of H-pyrrole nitrogens is 1. The van der Waals surface area contributed by atoms with E-state index in [1.807, 2.05) is 0 Å². The number of aromatic amines is 1. The largest absolute Gasteiger partial charge is 0.285 e. The minimum atomic E-state index is 0.391. The molecular formula is C12H14BrClN4. The monoisotopic (exact) mass is 328 g/mol. The van der Waals surface area contributed by atoms with Crippen LogP contribution in [0.1, 0.15) is 25.7 Å². The summed E-state index contributed by atoms with van der Waals surface area (Å²) >= 11 is 9.11. The van der Waals surface area contributed by atoms with Crippen molar-refractivity contribution in [2.45, 2.75) is 30.5 Å². The van der Waals surface area contributed by atoms with E-state index in [1.54, 1.807) is 24.5 Å². The topological polar surface area (TPSA) is 54.5 Å². The third-order valence-corrected chi connectivity index (χ3v) is 3.83. The first-order valence-corrected chi connectivity index (χ1v) is 7.17. The van der Waals surface area contributed by atoms with Gasteiger partial charge < -0.3 is 0 Å². The van der Waals surface area contributed by atoms with Gasteiger partial charge in [-0.2, -0.15) is 5.10 Å². The molecule has 1 aliphatic rings. The zero-order chi connectivity index (χ0) is 12.8. The summed E-state index contributed by atoms with van der Waals surface area (Å²) in [6, 6.07) is 3.48. The van der Waals surface area contributed by atoms with E-state index in [4.69, 9.17) is 11.6 Å². The van der Waals surface area contributed by atoms with Gasteiger partial charge in [0.15, 0.2) is 5.15 Å². The summed E-state index contributed by atoms with van der Waals surface area (Å²) in [7, 11) is 0. The van der Waals surface area contributed by atoms with Gasteiger partial charge in [0, 0.05) is 16.6 Å². The molecule has 96 valence electrons. The Hall–Kier alpha value is -0.940. The zero-order valence-electron chi connectivity index (χ0n) is 9.81. The molecule has 1 fully saturated rings. The summed E-state index contributed by atoms with van der Waals surface area (Å²) in [4.78, 5) is 0.859. The maximum absolute atomic E-state index is 5.58. The third kappa shape index (κ3) is 4.07. The Kier molecular flexibility index (Phi) is 5.13. The smallest absolute Gasteiger partial charge is 0.151 e. The van der Waals surface area contributed by atoms with Gasteiger partial charge in [0.1, 0.15) is 0 Å². The van der Waals surface area contributed by atoms with E-state index in [-0.39, 0.29) is 0 Å². The molecule has 1 saturated carbocycles. The fraction of sp³-hybridized carbons (Fsp3) is 0.417. The standard InChI is InChI=1S/C7H5ClN4.C5H9Br/c8-7-2-1-6(11-12-7)5-3-9-10-4-5;6-5-3-1-2-4-5/h1-4H,(H,9,10);5H,1-4H2. The predicted octanol–water partition coefficient (Wildman–Crippen LogP) is 3.84. The number of hydrogen-bond acceptors (Lipinski definition) is 3. The van der Waals surface area contributed by atoms with Crippen LogP contribution in [0, 0.1) is 0 Å². The highest BCUT2D eigenvalue weighted by atomic mass is 79.9. The molecule has 0 bridgehead atoms. The summed E-state index contributed by atoms with van der Waals surface area (Å²) in [5, 5.41) is 14.5. The first kappa shape index (κ1) is 13.5. The van der Waals surface area contributed by atoms with E-state index >= 15 is 0 Å². The molecule has 0 atom stereocenters. The second kappa shape index (κ2) is 6.85. The first-order chi connectivity index (χ1) is 8.75. The Morgan fingerprint density at radius 2 is 2.00 bits per heavy atom. The molecule has 0 amide bonds. The van der Waals surface area contributed by atoms with E-state index in [0.717, 1.165) is 16.1 Å². The minimum Gasteiger partial charge on any atom is -0.285 e. The molecule has 0 spiro atoms. The Balaban J connectivity index is 0.000000169. The van der Waals surface area contributed by atoms with E-state index in [0.29, 0.717) is 5.15 Å². The number of alkyl halides is 1. The number of hydrogen-bond donors (Lipinski definition) is 1. The van der Waals surface area contributed by atoms with E-state index in [9.17, 15) is 0 Å². The number of rotatable bonds is 1. The molecule has 1 aliphatic carbocycles. The van der Waals surface area contributed by atoms with Gasteiger partial charge in [-0.15, -0.1) is 10.2 Å². The predicted molar refractivity (Wildman–Crippen MR) is 75.8 cm³/mol. The zero-order valence-corrected chi connectivity index (χ0v) is 12.2. The third-order valence-electron chi connectivity index (χ3n) is 2.71. The van der Waals surface area contributed by atoms with E-state index in [2.05, 4.69) is 36.3 Å². The summed E-state index contributed by atoms with van der Waals surface area (Å²) in [6.45, 7) is 0. The lowest BCUT2D eigenvalue weighted by Gasteiger charge is -1.92. The maximum Gasteiger partial charge on any atom is 0.151 e. The van der Waals surface area contributed by atoms with Crippen molar-refractivity contribution in [3.05, 3.63) is 29.7 Å². The average Bonchev–Trinajstić information content (AvgIpc) is 3.03. The number of nitrogens with one attached hydrogen (secondary N) is 1. The Morgan fingerprint density at radius 1 is 1.22 bits per heavy atom. The van der Waals surface area contributed by atoms with Crippen LogP contribution in [0.15, 0.2) is 24.5 Å². The minimum absolute atomic E-state index is 0.391. The van der Waals surface area contributed by atoms with Gasteiger partial charge >= 0.3 is 0 Å². The SMILES string of the molecule is BrC1CCCC1.Clc1ccc(-c2cn[nH]c2)nn1. The quantitative estimate of drug-likeness (QED) is 0.809. The van der Waals surface area contributed by atoms with Crippen molar-refractivity contribution in [2.75, 3.05) is 0 Å². The van der Waals surface area contributed by atoms with Gasteiger partial charge in [0.2, 0.25) is 0 Å². The van der Waals surface area contributed by atoms with Crippen LogP contribution in [0.5, 0.6) is 0 Å². The fourth-order valence-electron chi connectivity index (χ4n) is 1.74. The van der Waals surface area contributed by atoms with Crippen molar-refractivity contribution in [2.24, 2.45) is 0 Å². The van der Waals surface area contributed by atoms with Crippen molar-refractivity contribution in [3.8, 4) is 11.3 Å². The van der Waals surface area contributed by atoms with Crippen molar-refractivity contribution in [1.82, 2.24) is 20.4 Å². The lowest BCUT2D eigenvalue weighted by molar-refractivity contribution is 0.886. The first-order valence-electron chi connectivity index (χ1n) is 5.88. The van der Waals surface area contributed by atoms with Crippen LogP contribution in [0.25, 0.3) is 11.3 Å². The van der Waals surface area contributed by atoms with Crippen molar-refractivity contribution in [1.29, 1.82) is 0 Å². The Morgan fingerprint density at radius 3 is 2.44 bits per heavy atom. The fourth-order valence-corrected chi connectivity index (χ4v) is 2.49. The van der Waals surface area contributed by atoms with Crippen LogP contribution in [0.2, 0.25) is 5.15 Å². The van der Waals surface area contributed by atoms with Crippen LogP contribution < -0.4 is 0 Å². The van der Waals surface area contributed by atoms with Gasteiger partial charge in [-0.1, -0.05) is 40.4 Å². The van der Waals surface area contributed by atoms with Crippen LogP contribution in [-0.4, -0.2) is 25.2 Å². The van der Waals surface area contributed by atoms with Gasteiger partial charge in [-0.3, -0.25) is 5.10 Å². The van der Waals surface area contributed by atoms with Gasteiger partial charge in [-0.05, 0) is 25.0 Å². The molecule has 0 unspecified atom stereocenters. The summed E-state index contributed by atoms with van der Waals surface area (Å²) in [6.07, 6.45) is 9.11. The normalized spacial score (nSPS) is 15.2. The van der Waals surface area contributed by atoms with Crippen LogP contribution >= 0.6 is 27.5 Å². The van der Waals surface area contributed by atoms with E-state index < -0.39 is 0 Å². The molecular weight excluding hydrogens is 316 g/mol. The maximum atomic E-state index is 5.58. The van der Waals surface area contributed by atoms with Crippen molar-refractivity contribution >= 4 is 27.5 Å². The molecule has 0 saturated heterocycles. The highest BCUT2D eigenvalue weighted by molar-refractivity contribution is 9.09. The molecule has 1 N–H and O–H groups in total. The highest BCUT2D eigenvalue weighted by Crippen LogP contribution is 2.23. The second-order valence-corrected chi connectivity index (χ2v) is 5.79. The molecule has 2 heterocycles. The molecule has 0 aromatic carbocycles. The number of aromatic nitrogens is 4. The molecule has 2 aromatic rings. The van der Waals surface area contributed by atoms with Crippen molar-refractivity contribution in [3.63, 3.8) is 0 Å². The summed E-state index contributed by atoms with van der Waals surface area (Å²) in [5.41, 5.74) is 1.66. The molecule has 0 aliphatic heterocycles. The average molecular weight is 330 g/mol.